The van der Waals surface area contributed by atoms with Gasteiger partial charge in [0.15, 0.2) is 0 Å². The third-order valence-electron chi connectivity index (χ3n) is 2.67. The second-order valence-electron chi connectivity index (χ2n) is 4.15. The van der Waals surface area contributed by atoms with E-state index in [0.29, 0.717) is 16.3 Å². The Kier molecular flexibility index (Phi) is 4.93. The van der Waals surface area contributed by atoms with Gasteiger partial charge < -0.3 is 10.4 Å². The van der Waals surface area contributed by atoms with Crippen molar-refractivity contribution >= 4 is 39.4 Å². The normalized spacial score (nSPS) is 10.2. The molecule has 0 saturated carbocycles. The number of hydrogen-bond donors (Lipinski definition) is 2. The Morgan fingerprint density at radius 2 is 2.05 bits per heavy atom. The summed E-state index contributed by atoms with van der Waals surface area (Å²) in [5.41, 5.74) is 0.918. The number of carboxylic acids is 1. The van der Waals surface area contributed by atoms with Gasteiger partial charge in [-0.25, -0.2) is 4.79 Å². The zero-order chi connectivity index (χ0) is 15.4. The van der Waals surface area contributed by atoms with Gasteiger partial charge in [-0.2, -0.15) is 0 Å². The van der Waals surface area contributed by atoms with E-state index in [1.54, 1.807) is 18.2 Å². The van der Waals surface area contributed by atoms with Crippen LogP contribution < -0.4 is 5.32 Å². The number of rotatable bonds is 4. The molecular weight excluding hydrogens is 360 g/mol. The maximum Gasteiger partial charge on any atom is 0.335 e. The lowest BCUT2D eigenvalue weighted by Gasteiger charge is -2.07. The lowest BCUT2D eigenvalue weighted by molar-refractivity contribution is 0.0696. The SMILES string of the molecule is O=C(O)c1ccnc(CNC(=O)c2ccc(Br)cc2Cl)c1. The predicted molar refractivity (Wildman–Crippen MR) is 81.5 cm³/mol. The molecule has 1 aromatic heterocycles. The van der Waals surface area contributed by atoms with E-state index in [4.69, 9.17) is 16.7 Å². The van der Waals surface area contributed by atoms with Crippen molar-refractivity contribution in [3.63, 3.8) is 0 Å². The average molecular weight is 370 g/mol. The highest BCUT2D eigenvalue weighted by atomic mass is 79.9. The number of carbonyl (C=O) groups excluding carboxylic acids is 1. The highest BCUT2D eigenvalue weighted by molar-refractivity contribution is 9.10. The van der Waals surface area contributed by atoms with Crippen molar-refractivity contribution < 1.29 is 14.7 Å². The highest BCUT2D eigenvalue weighted by Gasteiger charge is 2.11. The van der Waals surface area contributed by atoms with E-state index in [9.17, 15) is 9.59 Å². The van der Waals surface area contributed by atoms with E-state index < -0.39 is 5.97 Å². The molecule has 7 heteroatoms. The van der Waals surface area contributed by atoms with Crippen LogP contribution in [-0.4, -0.2) is 22.0 Å². The van der Waals surface area contributed by atoms with Crippen LogP contribution in [0.15, 0.2) is 41.0 Å². The summed E-state index contributed by atoms with van der Waals surface area (Å²) < 4.78 is 0.778. The molecule has 0 fully saturated rings. The topological polar surface area (TPSA) is 79.3 Å². The molecule has 0 saturated heterocycles. The summed E-state index contributed by atoms with van der Waals surface area (Å²) in [6.07, 6.45) is 1.39. The zero-order valence-corrected chi connectivity index (χ0v) is 13.0. The van der Waals surface area contributed by atoms with Crippen LogP contribution in [0.1, 0.15) is 26.4 Å². The van der Waals surface area contributed by atoms with Crippen molar-refractivity contribution in [3.05, 3.63) is 62.8 Å². The average Bonchev–Trinajstić information content (AvgIpc) is 2.45. The molecule has 1 aromatic carbocycles. The lowest BCUT2D eigenvalue weighted by Crippen LogP contribution is -2.23. The van der Waals surface area contributed by atoms with Crippen molar-refractivity contribution in [1.82, 2.24) is 10.3 Å². The number of nitrogens with zero attached hydrogens (tertiary/aromatic N) is 1. The van der Waals surface area contributed by atoms with Crippen LogP contribution in [0.3, 0.4) is 0 Å². The number of benzene rings is 1. The summed E-state index contributed by atoms with van der Waals surface area (Å²) in [5.74, 6) is -1.39. The number of nitrogens with one attached hydrogen (secondary N) is 1. The van der Waals surface area contributed by atoms with E-state index in [0.717, 1.165) is 4.47 Å². The predicted octanol–water partition coefficient (Wildman–Crippen LogP) is 3.13. The zero-order valence-electron chi connectivity index (χ0n) is 10.6. The second kappa shape index (κ2) is 6.69. The summed E-state index contributed by atoms with van der Waals surface area (Å²) in [5, 5.41) is 11.9. The summed E-state index contributed by atoms with van der Waals surface area (Å²) in [6.45, 7) is 0.117. The first-order valence-electron chi connectivity index (χ1n) is 5.89. The lowest BCUT2D eigenvalue weighted by atomic mass is 10.2. The maximum absolute atomic E-state index is 12.0. The van der Waals surface area contributed by atoms with Gasteiger partial charge in [-0.05, 0) is 30.3 Å². The van der Waals surface area contributed by atoms with E-state index in [1.807, 2.05) is 0 Å². The minimum absolute atomic E-state index is 0.117. The molecule has 0 aliphatic carbocycles. The Hall–Kier alpha value is -1.92. The van der Waals surface area contributed by atoms with E-state index in [-0.39, 0.29) is 18.0 Å². The largest absolute Gasteiger partial charge is 0.478 e. The summed E-state index contributed by atoms with van der Waals surface area (Å²) in [4.78, 5) is 26.9. The van der Waals surface area contributed by atoms with Gasteiger partial charge in [0.2, 0.25) is 0 Å². The van der Waals surface area contributed by atoms with Crippen LogP contribution in [-0.2, 0) is 6.54 Å². The molecule has 108 valence electrons. The number of halogens is 2. The van der Waals surface area contributed by atoms with Crippen molar-refractivity contribution in [2.45, 2.75) is 6.54 Å². The van der Waals surface area contributed by atoms with Gasteiger partial charge in [0.05, 0.1) is 28.4 Å². The Balaban J connectivity index is 2.07. The minimum atomic E-state index is -1.04. The number of carbonyl (C=O) groups is 2. The van der Waals surface area contributed by atoms with Crippen LogP contribution in [0, 0.1) is 0 Å². The van der Waals surface area contributed by atoms with Crippen molar-refractivity contribution in [2.75, 3.05) is 0 Å². The van der Waals surface area contributed by atoms with Crippen molar-refractivity contribution in [2.24, 2.45) is 0 Å². The Morgan fingerprint density at radius 3 is 2.71 bits per heavy atom. The first-order valence-corrected chi connectivity index (χ1v) is 7.06. The van der Waals surface area contributed by atoms with Gasteiger partial charge in [0.1, 0.15) is 0 Å². The van der Waals surface area contributed by atoms with Crippen LogP contribution in [0.25, 0.3) is 0 Å². The quantitative estimate of drug-likeness (QED) is 0.868. The van der Waals surface area contributed by atoms with Gasteiger partial charge in [-0.1, -0.05) is 27.5 Å². The summed E-state index contributed by atoms with van der Waals surface area (Å²) >= 11 is 9.25. The third kappa shape index (κ3) is 4.03. The summed E-state index contributed by atoms with van der Waals surface area (Å²) in [6, 6.07) is 7.73. The monoisotopic (exact) mass is 368 g/mol. The van der Waals surface area contributed by atoms with Crippen molar-refractivity contribution in [1.29, 1.82) is 0 Å². The first-order chi connectivity index (χ1) is 9.97. The molecule has 21 heavy (non-hydrogen) atoms. The number of aromatic carboxylic acids is 1. The van der Waals surface area contributed by atoms with E-state index in [1.165, 1.54) is 18.3 Å². The molecule has 1 amide bonds. The molecule has 0 aliphatic rings. The molecule has 2 N–H and O–H groups in total. The number of pyridine rings is 1. The molecule has 5 nitrogen and oxygen atoms in total. The molecule has 1 heterocycles. The maximum atomic E-state index is 12.0. The van der Waals surface area contributed by atoms with Crippen LogP contribution in [0.2, 0.25) is 5.02 Å². The molecular formula is C14H10BrClN2O3. The standard InChI is InChI=1S/C14H10BrClN2O3/c15-9-1-2-11(12(16)6-9)13(19)18-7-10-5-8(14(20)21)3-4-17-10/h1-6H,7H2,(H,18,19)(H,20,21). The Morgan fingerprint density at radius 1 is 1.29 bits per heavy atom. The number of carboxylic acid groups (broad SMARTS) is 1. The molecule has 0 unspecified atom stereocenters. The van der Waals surface area contributed by atoms with Gasteiger partial charge >= 0.3 is 5.97 Å². The molecule has 0 spiro atoms. The van der Waals surface area contributed by atoms with Crippen molar-refractivity contribution in [3.8, 4) is 0 Å². The number of amides is 1. The van der Waals surface area contributed by atoms with E-state index in [2.05, 4.69) is 26.2 Å². The second-order valence-corrected chi connectivity index (χ2v) is 5.47. The number of hydrogen-bond acceptors (Lipinski definition) is 3. The molecule has 2 aromatic rings. The van der Waals surface area contributed by atoms with Gasteiger partial charge in [-0.15, -0.1) is 0 Å². The van der Waals surface area contributed by atoms with Crippen LogP contribution >= 0.6 is 27.5 Å². The fraction of sp³-hybridized carbons (Fsp3) is 0.0714. The fourth-order valence-corrected chi connectivity index (χ4v) is 2.41. The Bertz CT molecular complexity index is 706. The molecule has 2 rings (SSSR count). The molecule has 0 atom stereocenters. The number of aromatic nitrogens is 1. The van der Waals surface area contributed by atoms with Crippen LogP contribution in [0.4, 0.5) is 0 Å². The Labute approximate surface area is 134 Å². The third-order valence-corrected chi connectivity index (χ3v) is 3.48. The summed E-state index contributed by atoms with van der Waals surface area (Å²) in [7, 11) is 0. The van der Waals surface area contributed by atoms with Gasteiger partial charge in [-0.3, -0.25) is 9.78 Å². The van der Waals surface area contributed by atoms with E-state index >= 15 is 0 Å². The smallest absolute Gasteiger partial charge is 0.335 e. The molecule has 0 aliphatic heterocycles. The highest BCUT2D eigenvalue weighted by Crippen LogP contribution is 2.21. The molecule has 0 radical (unpaired) electrons. The minimum Gasteiger partial charge on any atom is -0.478 e. The first kappa shape index (κ1) is 15.5. The van der Waals surface area contributed by atoms with Crippen LogP contribution in [0.5, 0.6) is 0 Å². The molecule has 0 bridgehead atoms. The van der Waals surface area contributed by atoms with Gasteiger partial charge in [0, 0.05) is 10.7 Å². The van der Waals surface area contributed by atoms with Gasteiger partial charge in [0.25, 0.3) is 5.91 Å². The fourth-order valence-electron chi connectivity index (χ4n) is 1.65.